The minimum atomic E-state index is -2.63. The first-order chi connectivity index (χ1) is 10.1. The number of likely N-dealkylation sites (tertiary alicyclic amines) is 2. The molecule has 2 rings (SSSR count). The van der Waals surface area contributed by atoms with E-state index in [0.29, 0.717) is 13.0 Å². The fraction of sp³-hybridized carbons (Fsp3) is 0.933. The van der Waals surface area contributed by atoms with E-state index in [-0.39, 0.29) is 38.5 Å². The summed E-state index contributed by atoms with van der Waals surface area (Å²) in [6, 6.07) is -0.380. The molecule has 0 aromatic heterocycles. The Hall–Kier alpha value is -0.980. The molecule has 2 saturated heterocycles. The third-order valence-corrected chi connectivity index (χ3v) is 4.16. The van der Waals surface area contributed by atoms with Crippen molar-refractivity contribution in [3.05, 3.63) is 0 Å². The van der Waals surface area contributed by atoms with E-state index in [1.54, 1.807) is 25.7 Å². The molecule has 0 bridgehead atoms. The van der Waals surface area contributed by atoms with E-state index in [1.165, 1.54) is 4.90 Å². The van der Waals surface area contributed by atoms with Crippen LogP contribution < -0.4 is 0 Å². The van der Waals surface area contributed by atoms with E-state index >= 15 is 0 Å². The maximum absolute atomic E-state index is 14.4. The van der Waals surface area contributed by atoms with E-state index in [4.69, 9.17) is 4.74 Å². The third-order valence-electron chi connectivity index (χ3n) is 4.16. The van der Waals surface area contributed by atoms with Crippen molar-refractivity contribution in [2.24, 2.45) is 0 Å². The number of alkyl halides is 3. The van der Waals surface area contributed by atoms with Crippen LogP contribution in [0.5, 0.6) is 0 Å². The molecule has 22 heavy (non-hydrogen) atoms. The first kappa shape index (κ1) is 17.4. The maximum Gasteiger partial charge on any atom is 0.410 e. The van der Waals surface area contributed by atoms with E-state index in [1.807, 2.05) is 0 Å². The van der Waals surface area contributed by atoms with Gasteiger partial charge in [0, 0.05) is 38.5 Å². The largest absolute Gasteiger partial charge is 0.444 e. The molecule has 2 aliphatic heterocycles. The van der Waals surface area contributed by atoms with E-state index in [9.17, 15) is 18.0 Å². The minimum Gasteiger partial charge on any atom is -0.444 e. The normalized spacial score (nSPS) is 30.2. The molecule has 0 aromatic rings. The average molecular weight is 322 g/mol. The molecule has 2 atom stereocenters. The molecule has 0 saturated carbocycles. The Labute approximate surface area is 129 Å². The molecular weight excluding hydrogens is 297 g/mol. The predicted octanol–water partition coefficient (Wildman–Crippen LogP) is 3.07. The van der Waals surface area contributed by atoms with Crippen molar-refractivity contribution in [1.82, 2.24) is 9.80 Å². The lowest BCUT2D eigenvalue weighted by molar-refractivity contribution is -0.0774. The van der Waals surface area contributed by atoms with Gasteiger partial charge in [0.15, 0.2) is 0 Å². The molecule has 2 heterocycles. The number of amides is 1. The maximum atomic E-state index is 14.4. The van der Waals surface area contributed by atoms with Gasteiger partial charge in [-0.15, -0.1) is 0 Å². The summed E-state index contributed by atoms with van der Waals surface area (Å²) in [5.41, 5.74) is -0.613. The first-order valence-electron chi connectivity index (χ1n) is 7.81. The number of hydrogen-bond acceptors (Lipinski definition) is 3. The number of hydrogen-bond donors (Lipinski definition) is 0. The van der Waals surface area contributed by atoms with Gasteiger partial charge in [-0.1, -0.05) is 0 Å². The molecule has 1 amide bonds. The number of carbonyl (C=O) groups excluding carboxylic acids is 1. The summed E-state index contributed by atoms with van der Waals surface area (Å²) in [5, 5.41) is 0. The Morgan fingerprint density at radius 3 is 2.27 bits per heavy atom. The second-order valence-corrected chi connectivity index (χ2v) is 7.19. The zero-order valence-corrected chi connectivity index (χ0v) is 13.4. The highest BCUT2D eigenvalue weighted by Gasteiger charge is 2.41. The Morgan fingerprint density at radius 1 is 1.18 bits per heavy atom. The summed E-state index contributed by atoms with van der Waals surface area (Å²) in [6.07, 6.45) is -1.73. The van der Waals surface area contributed by atoms with Gasteiger partial charge in [0.05, 0.1) is 6.54 Å². The molecule has 7 heteroatoms. The van der Waals surface area contributed by atoms with Gasteiger partial charge in [-0.2, -0.15) is 0 Å². The Morgan fingerprint density at radius 2 is 1.77 bits per heavy atom. The van der Waals surface area contributed by atoms with Crippen LogP contribution in [-0.4, -0.2) is 65.8 Å². The standard InChI is InChI=1S/C15H25F3N2O2/c1-14(2,3)22-13(21)20-7-4-12(11(16)10-20)19-8-5-15(17,18)6-9-19/h11-12H,4-10H2,1-3H3/t11-,12?/m0/s1. The summed E-state index contributed by atoms with van der Waals surface area (Å²) < 4.78 is 46.0. The number of ether oxygens (including phenoxy) is 1. The van der Waals surface area contributed by atoms with Crippen molar-refractivity contribution in [2.45, 2.75) is 63.8 Å². The van der Waals surface area contributed by atoms with E-state index in [0.717, 1.165) is 0 Å². The summed E-state index contributed by atoms with van der Waals surface area (Å²) in [4.78, 5) is 15.1. The monoisotopic (exact) mass is 322 g/mol. The highest BCUT2D eigenvalue weighted by Crippen LogP contribution is 2.31. The molecule has 1 unspecified atom stereocenters. The summed E-state index contributed by atoms with van der Waals surface area (Å²) in [7, 11) is 0. The third kappa shape index (κ3) is 4.51. The molecule has 0 spiro atoms. The summed E-state index contributed by atoms with van der Waals surface area (Å²) in [5.74, 6) is -2.63. The molecule has 2 aliphatic rings. The quantitative estimate of drug-likeness (QED) is 0.744. The number of rotatable bonds is 1. The lowest BCUT2D eigenvalue weighted by Gasteiger charge is -2.43. The molecule has 0 N–H and O–H groups in total. The fourth-order valence-corrected chi connectivity index (χ4v) is 2.98. The molecule has 4 nitrogen and oxygen atoms in total. The van der Waals surface area contributed by atoms with Crippen molar-refractivity contribution in [3.8, 4) is 0 Å². The van der Waals surface area contributed by atoms with Gasteiger partial charge >= 0.3 is 6.09 Å². The van der Waals surface area contributed by atoms with Crippen LogP contribution in [0.15, 0.2) is 0 Å². The van der Waals surface area contributed by atoms with Gasteiger partial charge in [0.25, 0.3) is 5.92 Å². The summed E-state index contributed by atoms with van der Waals surface area (Å²) >= 11 is 0. The van der Waals surface area contributed by atoms with Crippen molar-refractivity contribution < 1.29 is 22.7 Å². The second-order valence-electron chi connectivity index (χ2n) is 7.19. The fourth-order valence-electron chi connectivity index (χ4n) is 2.98. The predicted molar refractivity (Wildman–Crippen MR) is 76.9 cm³/mol. The topological polar surface area (TPSA) is 32.8 Å². The Kier molecular flexibility index (Phi) is 4.94. The van der Waals surface area contributed by atoms with E-state index in [2.05, 4.69) is 0 Å². The van der Waals surface area contributed by atoms with Crippen molar-refractivity contribution in [1.29, 1.82) is 0 Å². The first-order valence-corrected chi connectivity index (χ1v) is 7.81. The van der Waals surface area contributed by atoms with Crippen LogP contribution in [0.2, 0.25) is 0 Å². The number of halogens is 3. The average Bonchev–Trinajstić information content (AvgIpc) is 2.37. The molecule has 0 aliphatic carbocycles. The minimum absolute atomic E-state index is 0.0352. The van der Waals surface area contributed by atoms with Crippen LogP contribution in [0.3, 0.4) is 0 Å². The van der Waals surface area contributed by atoms with Crippen LogP contribution in [0.4, 0.5) is 18.0 Å². The van der Waals surface area contributed by atoms with Crippen LogP contribution in [-0.2, 0) is 4.74 Å². The second kappa shape index (κ2) is 6.26. The van der Waals surface area contributed by atoms with Gasteiger partial charge in [-0.25, -0.2) is 18.0 Å². The lowest BCUT2D eigenvalue weighted by Crippen LogP contribution is -2.56. The highest BCUT2D eigenvalue weighted by molar-refractivity contribution is 5.68. The van der Waals surface area contributed by atoms with Gasteiger partial charge in [0.1, 0.15) is 11.8 Å². The van der Waals surface area contributed by atoms with Crippen LogP contribution in [0.1, 0.15) is 40.0 Å². The van der Waals surface area contributed by atoms with Gasteiger partial charge in [-0.3, -0.25) is 4.90 Å². The lowest BCUT2D eigenvalue weighted by atomic mass is 9.97. The number of nitrogens with zero attached hydrogens (tertiary/aromatic N) is 2. The molecule has 0 radical (unpaired) electrons. The van der Waals surface area contributed by atoms with E-state index < -0.39 is 23.8 Å². The van der Waals surface area contributed by atoms with Crippen molar-refractivity contribution in [2.75, 3.05) is 26.2 Å². The number of piperidine rings is 2. The zero-order chi connectivity index (χ0) is 16.5. The van der Waals surface area contributed by atoms with Gasteiger partial charge < -0.3 is 9.64 Å². The molecule has 2 fully saturated rings. The molecule has 0 aromatic carbocycles. The smallest absolute Gasteiger partial charge is 0.410 e. The van der Waals surface area contributed by atoms with Crippen molar-refractivity contribution >= 4 is 6.09 Å². The Bertz CT molecular complexity index is 402. The van der Waals surface area contributed by atoms with Crippen LogP contribution >= 0.6 is 0 Å². The van der Waals surface area contributed by atoms with Crippen molar-refractivity contribution in [3.63, 3.8) is 0 Å². The summed E-state index contributed by atoms with van der Waals surface area (Å²) in [6.45, 7) is 6.07. The van der Waals surface area contributed by atoms with Gasteiger partial charge in [0.2, 0.25) is 0 Å². The van der Waals surface area contributed by atoms with Crippen LogP contribution in [0.25, 0.3) is 0 Å². The highest BCUT2D eigenvalue weighted by atomic mass is 19.3. The zero-order valence-electron chi connectivity index (χ0n) is 13.4. The van der Waals surface area contributed by atoms with Gasteiger partial charge in [-0.05, 0) is 27.2 Å². The van der Waals surface area contributed by atoms with Crippen LogP contribution in [0, 0.1) is 0 Å². The number of carbonyl (C=O) groups is 1. The SMILES string of the molecule is CC(C)(C)OC(=O)N1CCC(N2CCC(F)(F)CC2)[C@@H](F)C1. The molecular formula is C15H25F3N2O2. The Balaban J connectivity index is 1.87. The molecule has 128 valence electrons.